The number of fused-ring (bicyclic) bond motifs is 6. The van der Waals surface area contributed by atoms with E-state index < -0.39 is 18.1 Å². The summed E-state index contributed by atoms with van der Waals surface area (Å²) in [7, 11) is 0. The number of hydrogen-bond acceptors (Lipinski definition) is 2. The Balaban J connectivity index is 1.33. The summed E-state index contributed by atoms with van der Waals surface area (Å²) in [6.07, 6.45) is 0. The van der Waals surface area contributed by atoms with Crippen LogP contribution in [0.15, 0.2) is 174 Å². The highest BCUT2D eigenvalue weighted by molar-refractivity contribution is 6.26. The number of aromatic nitrogens is 2. The third-order valence-corrected chi connectivity index (χ3v) is 9.30. The number of rotatable bonds is 4. The molecular formula is C45H28N2O. The van der Waals surface area contributed by atoms with E-state index in [2.05, 4.69) is 72.8 Å². The minimum atomic E-state index is -0.441. The molecule has 0 aliphatic heterocycles. The monoisotopic (exact) mass is 617 g/mol. The molecule has 10 rings (SSSR count). The highest BCUT2D eigenvalue weighted by atomic mass is 16.3. The van der Waals surface area contributed by atoms with Crippen molar-refractivity contribution in [1.29, 1.82) is 0 Å². The summed E-state index contributed by atoms with van der Waals surface area (Å²) in [5, 5.41) is 6.39. The summed E-state index contributed by atoms with van der Waals surface area (Å²) in [5.74, 6) is 0.277. The predicted molar refractivity (Wildman–Crippen MR) is 200 cm³/mol. The van der Waals surface area contributed by atoms with Crippen molar-refractivity contribution in [3.8, 4) is 39.3 Å². The zero-order valence-electron chi connectivity index (χ0n) is 30.6. The van der Waals surface area contributed by atoms with Gasteiger partial charge in [-0.25, -0.2) is 4.98 Å². The molecule has 0 fully saturated rings. The Morgan fingerprint density at radius 1 is 0.500 bits per heavy atom. The molecule has 0 atom stereocenters. The largest absolute Gasteiger partial charge is 0.456 e. The first-order valence-electron chi connectivity index (χ1n) is 18.4. The van der Waals surface area contributed by atoms with Gasteiger partial charge in [-0.1, -0.05) is 139 Å². The van der Waals surface area contributed by atoms with Crippen LogP contribution in [0.25, 0.3) is 93.8 Å². The van der Waals surface area contributed by atoms with Gasteiger partial charge in [0.15, 0.2) is 0 Å². The molecular weight excluding hydrogens is 585 g/mol. The van der Waals surface area contributed by atoms with E-state index in [0.29, 0.717) is 5.52 Å². The van der Waals surface area contributed by atoms with Crippen LogP contribution in [0.1, 0.15) is 6.85 Å². The van der Waals surface area contributed by atoms with E-state index in [0.717, 1.165) is 76.9 Å². The van der Waals surface area contributed by atoms with E-state index in [1.165, 1.54) is 0 Å². The highest BCUT2D eigenvalue weighted by Crippen LogP contribution is 2.48. The zero-order valence-corrected chi connectivity index (χ0v) is 25.6. The van der Waals surface area contributed by atoms with E-state index in [-0.39, 0.29) is 23.5 Å². The van der Waals surface area contributed by atoms with Crippen molar-refractivity contribution in [3.63, 3.8) is 0 Å². The van der Waals surface area contributed by atoms with Crippen LogP contribution in [0.2, 0.25) is 0 Å². The predicted octanol–water partition coefficient (Wildman–Crippen LogP) is 12.2. The molecule has 8 aromatic carbocycles. The Morgan fingerprint density at radius 3 is 1.81 bits per heavy atom. The topological polar surface area (TPSA) is 31.0 Å². The lowest BCUT2D eigenvalue weighted by Crippen LogP contribution is -2.01. The van der Waals surface area contributed by atoms with Crippen LogP contribution in [0.5, 0.6) is 0 Å². The van der Waals surface area contributed by atoms with Crippen molar-refractivity contribution >= 4 is 54.5 Å². The van der Waals surface area contributed by atoms with Crippen LogP contribution >= 0.6 is 0 Å². The first-order valence-corrected chi connectivity index (χ1v) is 15.9. The van der Waals surface area contributed by atoms with Crippen molar-refractivity contribution < 1.29 is 11.3 Å². The number of imidazole rings is 1. The third kappa shape index (κ3) is 3.91. The van der Waals surface area contributed by atoms with Gasteiger partial charge < -0.3 is 4.42 Å². The molecule has 0 saturated carbocycles. The Kier molecular flexibility index (Phi) is 4.86. The van der Waals surface area contributed by atoms with Gasteiger partial charge in [0.2, 0.25) is 0 Å². The molecule has 10 aromatic rings. The van der Waals surface area contributed by atoms with E-state index in [1.807, 2.05) is 71.3 Å². The average molecular weight is 618 g/mol. The van der Waals surface area contributed by atoms with Gasteiger partial charge in [0.05, 0.1) is 23.6 Å². The Bertz CT molecular complexity index is 3060. The summed E-state index contributed by atoms with van der Waals surface area (Å²) in [5.41, 5.74) is 8.03. The number of benzene rings is 8. The number of hydrogen-bond donors (Lipinski definition) is 0. The average Bonchev–Trinajstić information content (AvgIpc) is 3.77. The van der Waals surface area contributed by atoms with Crippen LogP contribution in [0.4, 0.5) is 0 Å². The molecule has 0 radical (unpaired) electrons. The third-order valence-electron chi connectivity index (χ3n) is 9.30. The molecule has 2 aromatic heterocycles. The number of nitrogens with zero attached hydrogens (tertiary/aromatic N) is 2. The lowest BCUT2D eigenvalue weighted by atomic mass is 9.84. The summed E-state index contributed by atoms with van der Waals surface area (Å²) in [6.45, 7) is 0. The second-order valence-electron chi connectivity index (χ2n) is 11.9. The maximum Gasteiger partial charge on any atom is 0.145 e. The fourth-order valence-electron chi connectivity index (χ4n) is 7.37. The van der Waals surface area contributed by atoms with Crippen LogP contribution in [0, 0.1) is 0 Å². The standard InChI is InChI=1S/C45H28N2O/c1-2-15-29(16-3-1)45-46-37-24-10-12-26-39(37)47(45)38-25-11-8-21-34(38)42-30-17-4-6-19-32(30)43(33-20-7-5-18-31(33)42)36-23-14-28-41-44(36)35-22-9-13-27-40(35)48-41/h1-28H/i1D,2D,3D,15D,16D. The molecule has 0 saturated heterocycles. The van der Waals surface area contributed by atoms with Crippen molar-refractivity contribution in [3.05, 3.63) is 170 Å². The summed E-state index contributed by atoms with van der Waals surface area (Å²) in [4.78, 5) is 4.94. The quantitative estimate of drug-likeness (QED) is 0.184. The number of furan rings is 1. The molecule has 0 bridgehead atoms. The molecule has 2 heterocycles. The molecule has 3 nitrogen and oxygen atoms in total. The number of para-hydroxylation sites is 4. The van der Waals surface area contributed by atoms with Gasteiger partial charge in [0.25, 0.3) is 0 Å². The molecule has 0 N–H and O–H groups in total. The molecule has 0 aliphatic rings. The molecule has 0 amide bonds. The van der Waals surface area contributed by atoms with E-state index in [4.69, 9.17) is 16.3 Å². The minimum absolute atomic E-state index is 0.0486. The molecule has 0 spiro atoms. The summed E-state index contributed by atoms with van der Waals surface area (Å²) >= 11 is 0. The van der Waals surface area contributed by atoms with Crippen molar-refractivity contribution in [2.45, 2.75) is 0 Å². The van der Waals surface area contributed by atoms with Crippen LogP contribution in [0.3, 0.4) is 0 Å². The van der Waals surface area contributed by atoms with Gasteiger partial charge in [-0.3, -0.25) is 4.57 Å². The summed E-state index contributed by atoms with van der Waals surface area (Å²) in [6, 6.07) is 45.2. The van der Waals surface area contributed by atoms with Gasteiger partial charge >= 0.3 is 0 Å². The fourth-order valence-corrected chi connectivity index (χ4v) is 7.37. The van der Waals surface area contributed by atoms with Crippen LogP contribution in [-0.4, -0.2) is 9.55 Å². The van der Waals surface area contributed by atoms with Gasteiger partial charge in [-0.05, 0) is 68.6 Å². The molecule has 0 unspecified atom stereocenters. The Labute approximate surface area is 284 Å². The van der Waals surface area contributed by atoms with Crippen molar-refractivity contribution in [2.75, 3.05) is 0 Å². The SMILES string of the molecule is [2H]c1c([2H])c([2H])c(-c2nc3ccccc3n2-c2ccccc2-c2c3ccccc3c(-c3cccc4oc5ccccc5c34)c3ccccc23)c([2H])c1[2H]. The Morgan fingerprint density at radius 2 is 1.06 bits per heavy atom. The molecule has 48 heavy (non-hydrogen) atoms. The highest BCUT2D eigenvalue weighted by Gasteiger charge is 2.23. The summed E-state index contributed by atoms with van der Waals surface area (Å²) < 4.78 is 51.3. The smallest absolute Gasteiger partial charge is 0.145 e. The first-order chi connectivity index (χ1) is 25.9. The molecule has 224 valence electrons. The lowest BCUT2D eigenvalue weighted by molar-refractivity contribution is 0.669. The van der Waals surface area contributed by atoms with Gasteiger partial charge in [0, 0.05) is 21.9 Å². The maximum atomic E-state index is 8.91. The maximum absolute atomic E-state index is 8.91. The fraction of sp³-hybridized carbons (Fsp3) is 0. The zero-order chi connectivity index (χ0) is 36.0. The van der Waals surface area contributed by atoms with E-state index in [1.54, 1.807) is 0 Å². The lowest BCUT2D eigenvalue weighted by Gasteiger charge is -2.21. The minimum Gasteiger partial charge on any atom is -0.456 e. The molecule has 0 aliphatic carbocycles. The van der Waals surface area contributed by atoms with Gasteiger partial charge in [-0.15, -0.1) is 0 Å². The van der Waals surface area contributed by atoms with Gasteiger partial charge in [-0.2, -0.15) is 0 Å². The van der Waals surface area contributed by atoms with E-state index in [9.17, 15) is 0 Å². The van der Waals surface area contributed by atoms with Gasteiger partial charge in [0.1, 0.15) is 17.0 Å². The van der Waals surface area contributed by atoms with Crippen LogP contribution < -0.4 is 0 Å². The van der Waals surface area contributed by atoms with Crippen molar-refractivity contribution in [2.24, 2.45) is 0 Å². The second kappa shape index (κ2) is 10.5. The van der Waals surface area contributed by atoms with Crippen LogP contribution in [-0.2, 0) is 0 Å². The van der Waals surface area contributed by atoms with E-state index >= 15 is 0 Å². The Hall–Kier alpha value is -6.45. The second-order valence-corrected chi connectivity index (χ2v) is 11.9. The first kappa shape index (κ1) is 22.1. The van der Waals surface area contributed by atoms with Crippen molar-refractivity contribution in [1.82, 2.24) is 9.55 Å². The normalized spacial score (nSPS) is 13.2. The molecule has 3 heteroatoms.